The molecule has 0 unspecified atom stereocenters. The Morgan fingerprint density at radius 2 is 0.955 bits per heavy atom. The highest BCUT2D eigenvalue weighted by Crippen LogP contribution is 2.23. The maximum Gasteiger partial charge on any atom is -0.00248 e. The van der Waals surface area contributed by atoms with E-state index >= 15 is 0 Å². The minimum atomic E-state index is 1.03. The van der Waals surface area contributed by atoms with Crippen LogP contribution in [-0.4, -0.2) is 25.5 Å². The van der Waals surface area contributed by atoms with Crippen LogP contribution in [-0.2, 0) is 0 Å². The Morgan fingerprint density at radius 1 is 0.545 bits per heavy atom. The monoisotopic (exact) mass is 311 g/mol. The molecule has 0 aromatic carbocycles. The fourth-order valence-electron chi connectivity index (χ4n) is 3.37. The summed E-state index contributed by atoms with van der Waals surface area (Å²) in [5, 5.41) is 0. The van der Waals surface area contributed by atoms with Crippen molar-refractivity contribution in [1.29, 1.82) is 0 Å². The molecule has 0 amide bonds. The van der Waals surface area contributed by atoms with E-state index in [0.29, 0.717) is 0 Å². The minimum absolute atomic E-state index is 1.03. The van der Waals surface area contributed by atoms with Gasteiger partial charge in [0, 0.05) is 0 Å². The van der Waals surface area contributed by atoms with E-state index in [1.807, 2.05) is 0 Å². The van der Waals surface area contributed by atoms with Crippen molar-refractivity contribution in [2.75, 3.05) is 20.6 Å². The average molecular weight is 312 g/mol. The van der Waals surface area contributed by atoms with Crippen LogP contribution in [0.5, 0.6) is 0 Å². The van der Waals surface area contributed by atoms with Gasteiger partial charge in [0.05, 0.1) is 0 Å². The van der Waals surface area contributed by atoms with Gasteiger partial charge in [-0.15, -0.1) is 0 Å². The first kappa shape index (κ1) is 22.0. The van der Waals surface area contributed by atoms with Crippen LogP contribution < -0.4 is 0 Å². The van der Waals surface area contributed by atoms with E-state index in [1.54, 1.807) is 0 Å². The summed E-state index contributed by atoms with van der Waals surface area (Å²) in [5.74, 6) is 1.03. The van der Waals surface area contributed by atoms with Gasteiger partial charge in [0.2, 0.25) is 0 Å². The zero-order valence-corrected chi connectivity index (χ0v) is 16.3. The Kier molecular flexibility index (Phi) is 17.3. The van der Waals surface area contributed by atoms with Gasteiger partial charge in [0.25, 0.3) is 0 Å². The SMILES string of the molecule is CCCCCC(CCCCC)CCCCCCCCN(C)C. The van der Waals surface area contributed by atoms with Crippen molar-refractivity contribution < 1.29 is 0 Å². The molecule has 0 aromatic heterocycles. The van der Waals surface area contributed by atoms with Crippen molar-refractivity contribution >= 4 is 0 Å². The van der Waals surface area contributed by atoms with Crippen molar-refractivity contribution in [3.05, 3.63) is 0 Å². The van der Waals surface area contributed by atoms with E-state index in [1.165, 1.54) is 103 Å². The summed E-state index contributed by atoms with van der Waals surface area (Å²) < 4.78 is 0. The van der Waals surface area contributed by atoms with E-state index in [-0.39, 0.29) is 0 Å². The van der Waals surface area contributed by atoms with Crippen LogP contribution in [0, 0.1) is 5.92 Å². The molecule has 0 aliphatic rings. The van der Waals surface area contributed by atoms with Crippen LogP contribution in [0.15, 0.2) is 0 Å². The number of nitrogens with zero attached hydrogens (tertiary/aromatic N) is 1. The average Bonchev–Trinajstić information content (AvgIpc) is 2.49. The topological polar surface area (TPSA) is 3.24 Å². The molecule has 0 N–H and O–H groups in total. The molecule has 0 bridgehead atoms. The van der Waals surface area contributed by atoms with Crippen LogP contribution in [0.25, 0.3) is 0 Å². The van der Waals surface area contributed by atoms with Gasteiger partial charge < -0.3 is 4.90 Å². The molecule has 22 heavy (non-hydrogen) atoms. The largest absolute Gasteiger partial charge is 0.309 e. The molecule has 0 rings (SSSR count). The van der Waals surface area contributed by atoms with E-state index < -0.39 is 0 Å². The van der Waals surface area contributed by atoms with Crippen molar-refractivity contribution in [3.8, 4) is 0 Å². The van der Waals surface area contributed by atoms with Gasteiger partial charge in [-0.2, -0.15) is 0 Å². The zero-order chi connectivity index (χ0) is 16.5. The maximum atomic E-state index is 2.32. The van der Waals surface area contributed by atoms with Crippen LogP contribution >= 0.6 is 0 Å². The molecule has 0 atom stereocenters. The minimum Gasteiger partial charge on any atom is -0.309 e. The summed E-state index contributed by atoms with van der Waals surface area (Å²) in [6, 6.07) is 0. The molecule has 0 heterocycles. The predicted octanol–water partition coefficient (Wildman–Crippen LogP) is 7.06. The second-order valence-corrected chi connectivity index (χ2v) is 7.57. The quantitative estimate of drug-likeness (QED) is 0.260. The Balaban J connectivity index is 3.55. The molecule has 1 heteroatoms. The predicted molar refractivity (Wildman–Crippen MR) is 103 cm³/mol. The number of unbranched alkanes of at least 4 members (excludes halogenated alkanes) is 9. The molecule has 0 spiro atoms. The van der Waals surface area contributed by atoms with Crippen molar-refractivity contribution in [2.45, 2.75) is 110 Å². The number of hydrogen-bond donors (Lipinski definition) is 0. The molecular weight excluding hydrogens is 266 g/mol. The van der Waals surface area contributed by atoms with Gasteiger partial charge in [0.15, 0.2) is 0 Å². The summed E-state index contributed by atoms with van der Waals surface area (Å²) in [7, 11) is 4.36. The van der Waals surface area contributed by atoms with Crippen molar-refractivity contribution in [3.63, 3.8) is 0 Å². The normalized spacial score (nSPS) is 11.7. The summed E-state index contributed by atoms with van der Waals surface area (Å²) in [5.41, 5.74) is 0. The lowest BCUT2D eigenvalue weighted by molar-refractivity contribution is 0.367. The van der Waals surface area contributed by atoms with Gasteiger partial charge in [-0.3, -0.25) is 0 Å². The molecule has 0 aromatic rings. The maximum absolute atomic E-state index is 2.32. The van der Waals surface area contributed by atoms with E-state index in [0.717, 1.165) is 5.92 Å². The third kappa shape index (κ3) is 16.3. The molecule has 0 saturated heterocycles. The highest BCUT2D eigenvalue weighted by Gasteiger charge is 2.08. The van der Waals surface area contributed by atoms with Crippen molar-refractivity contribution in [2.24, 2.45) is 5.92 Å². The molecular formula is C21H45N. The summed E-state index contributed by atoms with van der Waals surface area (Å²) >= 11 is 0. The highest BCUT2D eigenvalue weighted by molar-refractivity contribution is 4.61. The Morgan fingerprint density at radius 3 is 1.41 bits per heavy atom. The van der Waals surface area contributed by atoms with Gasteiger partial charge in [0.1, 0.15) is 0 Å². The summed E-state index contributed by atoms with van der Waals surface area (Å²) in [6.07, 6.45) is 21.7. The van der Waals surface area contributed by atoms with Gasteiger partial charge >= 0.3 is 0 Å². The number of rotatable bonds is 17. The smallest absolute Gasteiger partial charge is 0.00248 e. The van der Waals surface area contributed by atoms with Crippen LogP contribution in [0.3, 0.4) is 0 Å². The standard InChI is InChI=1S/C21H45N/c1-5-7-13-17-21(18-14-8-6-2)19-15-11-9-10-12-16-20-22(3)4/h21H,5-20H2,1-4H3. The van der Waals surface area contributed by atoms with Crippen LogP contribution in [0.1, 0.15) is 110 Å². The van der Waals surface area contributed by atoms with Crippen LogP contribution in [0.2, 0.25) is 0 Å². The summed E-state index contributed by atoms with van der Waals surface area (Å²) in [4.78, 5) is 2.30. The van der Waals surface area contributed by atoms with Gasteiger partial charge in [-0.05, 0) is 33.0 Å². The first-order valence-corrected chi connectivity index (χ1v) is 10.3. The molecule has 134 valence electrons. The Labute approximate surface area is 142 Å². The fourth-order valence-corrected chi connectivity index (χ4v) is 3.37. The second-order valence-electron chi connectivity index (χ2n) is 7.57. The van der Waals surface area contributed by atoms with E-state index in [2.05, 4.69) is 32.8 Å². The van der Waals surface area contributed by atoms with Crippen LogP contribution in [0.4, 0.5) is 0 Å². The Bertz CT molecular complexity index is 190. The first-order chi connectivity index (χ1) is 10.7. The Hall–Kier alpha value is -0.0400. The lowest BCUT2D eigenvalue weighted by Crippen LogP contribution is -2.12. The first-order valence-electron chi connectivity index (χ1n) is 10.3. The van der Waals surface area contributed by atoms with E-state index in [4.69, 9.17) is 0 Å². The second kappa shape index (κ2) is 17.3. The van der Waals surface area contributed by atoms with Gasteiger partial charge in [-0.1, -0.05) is 104 Å². The third-order valence-electron chi connectivity index (χ3n) is 4.90. The van der Waals surface area contributed by atoms with E-state index in [9.17, 15) is 0 Å². The van der Waals surface area contributed by atoms with Crippen molar-refractivity contribution in [1.82, 2.24) is 4.90 Å². The molecule has 0 fully saturated rings. The lowest BCUT2D eigenvalue weighted by Gasteiger charge is -2.16. The molecule has 0 aliphatic heterocycles. The number of hydrogen-bond acceptors (Lipinski definition) is 1. The summed E-state index contributed by atoms with van der Waals surface area (Å²) in [6.45, 7) is 5.90. The molecule has 0 radical (unpaired) electrons. The zero-order valence-electron chi connectivity index (χ0n) is 16.3. The molecule has 0 aliphatic carbocycles. The highest BCUT2D eigenvalue weighted by atomic mass is 15.0. The van der Waals surface area contributed by atoms with Gasteiger partial charge in [-0.25, -0.2) is 0 Å². The lowest BCUT2D eigenvalue weighted by atomic mass is 9.90. The fraction of sp³-hybridized carbons (Fsp3) is 1.00. The molecule has 0 saturated carbocycles. The third-order valence-corrected chi connectivity index (χ3v) is 4.90. The molecule has 1 nitrogen and oxygen atoms in total.